The van der Waals surface area contributed by atoms with Crippen LogP contribution >= 0.6 is 0 Å². The van der Waals surface area contributed by atoms with Crippen molar-refractivity contribution < 1.29 is 8.95 Å². The van der Waals surface area contributed by atoms with Crippen molar-refractivity contribution >= 4 is 36.4 Å². The largest absolute Gasteiger partial charge is 0.361 e. The molecule has 0 aliphatic carbocycles. The highest BCUT2D eigenvalue weighted by molar-refractivity contribution is 7.85. The van der Waals surface area contributed by atoms with Crippen LogP contribution in [0, 0.1) is 0 Å². The Morgan fingerprint density at radius 1 is 1.32 bits per heavy atom. The lowest BCUT2D eigenvalue weighted by molar-refractivity contribution is 0.0898. The molecule has 2 heterocycles. The van der Waals surface area contributed by atoms with Crippen molar-refractivity contribution in [3.8, 4) is 0 Å². The molecule has 6 nitrogen and oxygen atoms in total. The standard InChI is InChI=1S/C17H28N4O2SSi/c1-17(2,3)24(22)19-11-14-7-8-15-16(20-14)18-12-21(15)13-23-9-10-25(4,5)6/h7-8,11-12H,9-10,13H2,1-6H3/b19-11+/t24-/m1/s1. The summed E-state index contributed by atoms with van der Waals surface area (Å²) in [5.74, 6) is 0. The van der Waals surface area contributed by atoms with Crippen molar-refractivity contribution in [3.05, 3.63) is 24.2 Å². The zero-order chi connectivity index (χ0) is 18.7. The Morgan fingerprint density at radius 3 is 2.68 bits per heavy atom. The molecule has 0 unspecified atom stereocenters. The van der Waals surface area contributed by atoms with E-state index in [1.54, 1.807) is 12.5 Å². The molecule has 2 rings (SSSR count). The van der Waals surface area contributed by atoms with Crippen LogP contribution in [0.3, 0.4) is 0 Å². The van der Waals surface area contributed by atoms with Crippen LogP contribution < -0.4 is 0 Å². The van der Waals surface area contributed by atoms with E-state index in [0.29, 0.717) is 18.1 Å². The smallest absolute Gasteiger partial charge is 0.178 e. The number of hydrogen-bond donors (Lipinski definition) is 0. The predicted octanol–water partition coefficient (Wildman–Crippen LogP) is 3.62. The van der Waals surface area contributed by atoms with Gasteiger partial charge in [0, 0.05) is 14.7 Å². The Hall–Kier alpha value is -1.38. The summed E-state index contributed by atoms with van der Waals surface area (Å²) in [4.78, 5) is 8.78. The molecule has 25 heavy (non-hydrogen) atoms. The van der Waals surface area contributed by atoms with Crippen LogP contribution in [0.5, 0.6) is 0 Å². The van der Waals surface area contributed by atoms with Gasteiger partial charge in [-0.05, 0) is 38.9 Å². The van der Waals surface area contributed by atoms with Gasteiger partial charge in [0.2, 0.25) is 0 Å². The van der Waals surface area contributed by atoms with Gasteiger partial charge >= 0.3 is 0 Å². The van der Waals surface area contributed by atoms with Gasteiger partial charge < -0.3 is 9.30 Å². The summed E-state index contributed by atoms with van der Waals surface area (Å²) in [5, 5.41) is 0. The molecule has 0 fully saturated rings. The predicted molar refractivity (Wildman–Crippen MR) is 107 cm³/mol. The lowest BCUT2D eigenvalue weighted by Gasteiger charge is -2.15. The second-order valence-electron chi connectivity index (χ2n) is 8.24. The van der Waals surface area contributed by atoms with Gasteiger partial charge in [-0.2, -0.15) is 4.40 Å². The normalized spacial score (nSPS) is 14.5. The van der Waals surface area contributed by atoms with Gasteiger partial charge in [0.15, 0.2) is 5.65 Å². The second-order valence-corrected chi connectivity index (χ2v) is 15.8. The Balaban J connectivity index is 2.03. The van der Waals surface area contributed by atoms with Crippen LogP contribution in [0.25, 0.3) is 11.2 Å². The number of pyridine rings is 1. The SMILES string of the molecule is CC(C)(C)[S@@](=O)/N=C/c1ccc2c(ncn2COCC[Si](C)(C)C)n1. The van der Waals surface area contributed by atoms with E-state index in [1.807, 2.05) is 37.5 Å². The fourth-order valence-corrected chi connectivity index (χ4v) is 3.21. The summed E-state index contributed by atoms with van der Waals surface area (Å²) in [6.07, 6.45) is 3.28. The first-order chi connectivity index (χ1) is 11.6. The van der Waals surface area contributed by atoms with Crippen molar-refractivity contribution in [2.24, 2.45) is 4.40 Å². The summed E-state index contributed by atoms with van der Waals surface area (Å²) < 4.78 is 23.4. The monoisotopic (exact) mass is 380 g/mol. The van der Waals surface area contributed by atoms with Crippen molar-refractivity contribution in [2.45, 2.75) is 57.9 Å². The maximum Gasteiger partial charge on any atom is 0.178 e. The van der Waals surface area contributed by atoms with E-state index in [2.05, 4.69) is 34.0 Å². The van der Waals surface area contributed by atoms with E-state index in [1.165, 1.54) is 0 Å². The number of fused-ring (bicyclic) bond motifs is 1. The zero-order valence-corrected chi connectivity index (χ0v) is 17.8. The number of hydrogen-bond acceptors (Lipinski definition) is 4. The minimum atomic E-state index is -1.29. The Morgan fingerprint density at radius 2 is 2.04 bits per heavy atom. The molecule has 0 aliphatic heterocycles. The van der Waals surface area contributed by atoms with Crippen LogP contribution in [0.15, 0.2) is 22.9 Å². The molecule has 0 aromatic carbocycles. The minimum Gasteiger partial charge on any atom is -0.361 e. The molecular weight excluding hydrogens is 352 g/mol. The third-order valence-corrected chi connectivity index (χ3v) is 6.58. The third kappa shape index (κ3) is 6.13. The quantitative estimate of drug-likeness (QED) is 0.418. The van der Waals surface area contributed by atoms with Crippen LogP contribution in [0.4, 0.5) is 0 Å². The van der Waals surface area contributed by atoms with Gasteiger partial charge in [0.1, 0.15) is 17.7 Å². The van der Waals surface area contributed by atoms with Gasteiger partial charge in [0.25, 0.3) is 0 Å². The average molecular weight is 381 g/mol. The number of imidazole rings is 1. The van der Waals surface area contributed by atoms with Gasteiger partial charge in [-0.1, -0.05) is 19.6 Å². The molecule has 0 amide bonds. The van der Waals surface area contributed by atoms with Crippen LogP contribution in [-0.2, 0) is 22.5 Å². The summed E-state index contributed by atoms with van der Waals surface area (Å²) in [6.45, 7) is 13.9. The molecule has 2 aromatic rings. The molecule has 0 radical (unpaired) electrons. The van der Waals surface area contributed by atoms with Crippen molar-refractivity contribution in [2.75, 3.05) is 6.61 Å². The van der Waals surface area contributed by atoms with Gasteiger partial charge in [0.05, 0.1) is 28.5 Å². The first-order valence-electron chi connectivity index (χ1n) is 8.42. The fraction of sp³-hybridized carbons (Fsp3) is 0.588. The Bertz CT molecular complexity index is 775. The van der Waals surface area contributed by atoms with E-state index in [4.69, 9.17) is 4.74 Å². The maximum atomic E-state index is 12.0. The maximum absolute atomic E-state index is 12.0. The minimum absolute atomic E-state index is 0.380. The van der Waals surface area contributed by atoms with Crippen LogP contribution in [0.1, 0.15) is 26.5 Å². The van der Waals surface area contributed by atoms with Crippen LogP contribution in [0.2, 0.25) is 25.7 Å². The van der Waals surface area contributed by atoms with Crippen LogP contribution in [-0.4, -0.2) is 44.4 Å². The number of nitrogens with zero attached hydrogens (tertiary/aromatic N) is 4. The molecule has 0 spiro atoms. The molecule has 1 atom stereocenters. The van der Waals surface area contributed by atoms with Crippen molar-refractivity contribution in [3.63, 3.8) is 0 Å². The molecule has 8 heteroatoms. The van der Waals surface area contributed by atoms with Gasteiger partial charge in [-0.25, -0.2) is 14.2 Å². The molecular formula is C17H28N4O2SSi. The van der Waals surface area contributed by atoms with E-state index in [0.717, 1.165) is 18.2 Å². The first kappa shape index (κ1) is 19.9. The molecule has 0 saturated carbocycles. The highest BCUT2D eigenvalue weighted by Crippen LogP contribution is 2.14. The highest BCUT2D eigenvalue weighted by atomic mass is 32.2. The molecule has 0 saturated heterocycles. The zero-order valence-electron chi connectivity index (χ0n) is 15.9. The molecule has 0 bridgehead atoms. The number of ether oxygens (including phenoxy) is 1. The summed E-state index contributed by atoms with van der Waals surface area (Å²) in [5.41, 5.74) is 2.20. The summed E-state index contributed by atoms with van der Waals surface area (Å²) in [6, 6.07) is 4.94. The number of rotatable bonds is 7. The molecule has 0 aliphatic rings. The van der Waals surface area contributed by atoms with E-state index >= 15 is 0 Å². The lowest BCUT2D eigenvalue weighted by Crippen LogP contribution is -2.21. The Labute approximate surface area is 153 Å². The second kappa shape index (κ2) is 7.88. The molecule has 2 aromatic heterocycles. The van der Waals surface area contributed by atoms with E-state index < -0.39 is 19.1 Å². The van der Waals surface area contributed by atoms with Crippen molar-refractivity contribution in [1.29, 1.82) is 0 Å². The Kier molecular flexibility index (Phi) is 6.29. The summed E-state index contributed by atoms with van der Waals surface area (Å²) in [7, 11) is -2.37. The lowest BCUT2D eigenvalue weighted by atomic mass is 10.3. The van der Waals surface area contributed by atoms with Gasteiger partial charge in [-0.15, -0.1) is 0 Å². The van der Waals surface area contributed by atoms with Crippen molar-refractivity contribution in [1.82, 2.24) is 14.5 Å². The van der Waals surface area contributed by atoms with Gasteiger partial charge in [-0.3, -0.25) is 0 Å². The average Bonchev–Trinajstić information content (AvgIpc) is 2.89. The third-order valence-electron chi connectivity index (χ3n) is 3.54. The first-order valence-corrected chi connectivity index (χ1v) is 13.2. The summed E-state index contributed by atoms with van der Waals surface area (Å²) >= 11 is 0. The highest BCUT2D eigenvalue weighted by Gasteiger charge is 2.18. The molecule has 0 N–H and O–H groups in total. The number of aromatic nitrogens is 3. The molecule has 138 valence electrons. The van der Waals surface area contributed by atoms with E-state index in [9.17, 15) is 4.21 Å². The topological polar surface area (TPSA) is 69.4 Å². The fourth-order valence-electron chi connectivity index (χ4n) is 1.94. The van der Waals surface area contributed by atoms with E-state index in [-0.39, 0.29) is 4.75 Å².